The van der Waals surface area contributed by atoms with Crippen molar-refractivity contribution in [3.05, 3.63) is 102 Å². The first-order chi connectivity index (χ1) is 33.0. The molecule has 16 nitrogen and oxygen atoms in total. The Kier molecular flexibility index (Phi) is 22.7. The SMILES string of the molecule is C#C.C#C.CCC.CCCN(Cc1ncc(-c2ccc3c(c2)COc2cc4c(ccc5[nH]c(CN(CCC)C(=O)[C@H](NC(=O)OC)c6ccccc6)nc54)cc2-3)[nH]1)C(=O)CNC(=O)OC.COC. The number of nitrogens with one attached hydrogen (secondary N) is 4. The van der Waals surface area contributed by atoms with E-state index in [0.717, 1.165) is 61.9 Å². The van der Waals surface area contributed by atoms with Gasteiger partial charge in [-0.3, -0.25) is 9.59 Å². The van der Waals surface area contributed by atoms with Crippen molar-refractivity contribution in [2.75, 3.05) is 48.1 Å². The summed E-state index contributed by atoms with van der Waals surface area (Å²) in [4.78, 5) is 70.1. The smallest absolute Gasteiger partial charge is 0.407 e. The number of carbonyl (C=O) groups excluding carboxylic acids is 4. The fraction of sp³-hybridized carbons (Fsp3) is 0.346. The topological polar surface area (TPSA) is 193 Å². The third kappa shape index (κ3) is 14.3. The Balaban J connectivity index is 0.00000114. The summed E-state index contributed by atoms with van der Waals surface area (Å²) in [6.45, 7) is 9.90. The van der Waals surface area contributed by atoms with Gasteiger partial charge >= 0.3 is 12.2 Å². The Morgan fingerprint density at radius 2 is 1.43 bits per heavy atom. The van der Waals surface area contributed by atoms with Crippen LogP contribution in [0.25, 0.3) is 44.2 Å². The summed E-state index contributed by atoms with van der Waals surface area (Å²) in [6, 6.07) is 22.6. The summed E-state index contributed by atoms with van der Waals surface area (Å²) in [5.74, 6) is 1.50. The second-order valence-corrected chi connectivity index (χ2v) is 15.1. The minimum absolute atomic E-state index is 0.162. The lowest BCUT2D eigenvalue weighted by Gasteiger charge is -2.27. The predicted octanol–water partition coefficient (Wildman–Crippen LogP) is 8.77. The maximum Gasteiger partial charge on any atom is 0.407 e. The number of carbonyl (C=O) groups is 4. The molecule has 1 atom stereocenters. The fourth-order valence-electron chi connectivity index (χ4n) is 7.25. The number of aromatic amines is 2. The number of rotatable bonds is 14. The third-order valence-electron chi connectivity index (χ3n) is 10.1. The highest BCUT2D eigenvalue weighted by molar-refractivity contribution is 6.07. The zero-order chi connectivity index (χ0) is 50.2. The maximum atomic E-state index is 14.0. The molecule has 3 heterocycles. The number of ether oxygens (including phenoxy) is 4. The molecule has 7 rings (SSSR count). The number of terminal acetylenes is 2. The van der Waals surface area contributed by atoms with Crippen molar-refractivity contribution in [2.24, 2.45) is 0 Å². The largest absolute Gasteiger partial charge is 0.488 e. The van der Waals surface area contributed by atoms with Gasteiger partial charge in [0.25, 0.3) is 0 Å². The van der Waals surface area contributed by atoms with Crippen LogP contribution in [0.4, 0.5) is 9.59 Å². The van der Waals surface area contributed by atoms with E-state index in [0.29, 0.717) is 43.3 Å². The van der Waals surface area contributed by atoms with E-state index in [9.17, 15) is 19.2 Å². The van der Waals surface area contributed by atoms with Gasteiger partial charge in [0, 0.05) is 38.3 Å². The molecular formula is C52H64N8O8. The number of amides is 4. The normalized spacial score (nSPS) is 11.0. The molecule has 0 radical (unpaired) electrons. The number of H-pyrrole nitrogens is 2. The van der Waals surface area contributed by atoms with Gasteiger partial charge in [0.1, 0.15) is 36.6 Å². The maximum absolute atomic E-state index is 14.0. The molecule has 1 aliphatic rings. The molecule has 4 amide bonds. The zero-order valence-corrected chi connectivity index (χ0v) is 40.3. The monoisotopic (exact) mass is 928 g/mol. The second kappa shape index (κ2) is 28.3. The molecule has 6 aromatic rings. The van der Waals surface area contributed by atoms with E-state index in [2.05, 4.69) is 92.8 Å². The molecule has 360 valence electrons. The van der Waals surface area contributed by atoms with E-state index in [4.69, 9.17) is 14.5 Å². The van der Waals surface area contributed by atoms with Gasteiger partial charge in [0.2, 0.25) is 11.8 Å². The first kappa shape index (κ1) is 54.5. The summed E-state index contributed by atoms with van der Waals surface area (Å²) in [5, 5.41) is 7.06. The molecular weight excluding hydrogens is 865 g/mol. The predicted molar refractivity (Wildman–Crippen MR) is 266 cm³/mol. The summed E-state index contributed by atoms with van der Waals surface area (Å²) >= 11 is 0. The van der Waals surface area contributed by atoms with Gasteiger partial charge in [-0.25, -0.2) is 19.6 Å². The van der Waals surface area contributed by atoms with Gasteiger partial charge in [0.05, 0.1) is 50.2 Å². The van der Waals surface area contributed by atoms with Gasteiger partial charge < -0.3 is 49.3 Å². The molecule has 0 aliphatic carbocycles. The van der Waals surface area contributed by atoms with E-state index in [1.807, 2.05) is 56.3 Å². The summed E-state index contributed by atoms with van der Waals surface area (Å²) in [7, 11) is 5.77. The minimum Gasteiger partial charge on any atom is -0.488 e. The van der Waals surface area contributed by atoms with Crippen LogP contribution in [-0.4, -0.2) is 102 Å². The lowest BCUT2D eigenvalue weighted by molar-refractivity contribution is -0.134. The van der Waals surface area contributed by atoms with Crippen molar-refractivity contribution in [1.82, 2.24) is 40.4 Å². The molecule has 0 fully saturated rings. The van der Waals surface area contributed by atoms with Gasteiger partial charge in [-0.05, 0) is 64.7 Å². The van der Waals surface area contributed by atoms with E-state index < -0.39 is 18.2 Å². The quantitative estimate of drug-likeness (QED) is 0.0768. The lowest BCUT2D eigenvalue weighted by Crippen LogP contribution is -2.43. The van der Waals surface area contributed by atoms with Crippen molar-refractivity contribution in [3.8, 4) is 53.8 Å². The highest BCUT2D eigenvalue weighted by atomic mass is 16.5. The molecule has 68 heavy (non-hydrogen) atoms. The van der Waals surface area contributed by atoms with Crippen LogP contribution in [0, 0.1) is 25.7 Å². The molecule has 4 aromatic carbocycles. The Morgan fingerprint density at radius 1 is 0.779 bits per heavy atom. The number of hydrogen-bond donors (Lipinski definition) is 4. The van der Waals surface area contributed by atoms with Crippen LogP contribution in [0.1, 0.15) is 75.8 Å². The first-order valence-corrected chi connectivity index (χ1v) is 22.1. The third-order valence-corrected chi connectivity index (χ3v) is 10.1. The molecule has 0 saturated heterocycles. The second-order valence-electron chi connectivity index (χ2n) is 15.1. The van der Waals surface area contributed by atoms with Crippen molar-refractivity contribution in [1.29, 1.82) is 0 Å². The van der Waals surface area contributed by atoms with Gasteiger partial charge in [-0.15, -0.1) is 25.7 Å². The Morgan fingerprint density at radius 3 is 2.07 bits per heavy atom. The van der Waals surface area contributed by atoms with Crippen molar-refractivity contribution in [3.63, 3.8) is 0 Å². The molecule has 0 saturated carbocycles. The molecule has 0 spiro atoms. The highest BCUT2D eigenvalue weighted by Crippen LogP contribution is 2.42. The van der Waals surface area contributed by atoms with Crippen molar-refractivity contribution < 1.29 is 38.1 Å². The van der Waals surface area contributed by atoms with Crippen LogP contribution >= 0.6 is 0 Å². The average molecular weight is 929 g/mol. The van der Waals surface area contributed by atoms with Crippen molar-refractivity contribution in [2.45, 2.75) is 72.7 Å². The molecule has 2 aromatic heterocycles. The Hall–Kier alpha value is -7.82. The van der Waals surface area contributed by atoms with Crippen LogP contribution < -0.4 is 15.4 Å². The molecule has 1 aliphatic heterocycles. The lowest BCUT2D eigenvalue weighted by atomic mass is 9.92. The van der Waals surface area contributed by atoms with Crippen LogP contribution in [0.15, 0.2) is 79.0 Å². The van der Waals surface area contributed by atoms with Crippen LogP contribution in [0.3, 0.4) is 0 Å². The van der Waals surface area contributed by atoms with E-state index in [1.165, 1.54) is 20.6 Å². The van der Waals surface area contributed by atoms with E-state index in [-0.39, 0.29) is 31.4 Å². The van der Waals surface area contributed by atoms with Crippen LogP contribution in [0.2, 0.25) is 0 Å². The Bertz CT molecular complexity index is 2590. The van der Waals surface area contributed by atoms with E-state index in [1.54, 1.807) is 42.3 Å². The molecule has 4 N–H and O–H groups in total. The number of nitrogens with zero attached hydrogens (tertiary/aromatic N) is 4. The molecule has 16 heteroatoms. The Labute approximate surface area is 399 Å². The summed E-state index contributed by atoms with van der Waals surface area (Å²) < 4.78 is 20.0. The summed E-state index contributed by atoms with van der Waals surface area (Å²) in [5.41, 5.74) is 7.06. The van der Waals surface area contributed by atoms with Crippen molar-refractivity contribution >= 4 is 45.8 Å². The van der Waals surface area contributed by atoms with Gasteiger partial charge in [-0.2, -0.15) is 0 Å². The van der Waals surface area contributed by atoms with Crippen LogP contribution in [-0.2, 0) is 43.5 Å². The molecule has 0 bridgehead atoms. The van der Waals surface area contributed by atoms with Gasteiger partial charge in [-0.1, -0.05) is 82.6 Å². The van der Waals surface area contributed by atoms with E-state index >= 15 is 0 Å². The molecule has 0 unspecified atom stereocenters. The standard InChI is InChI=1S/C43H46N8O7.C3H8.C2H6O.2C2H2/c1-5-16-50(38(52)22-45-42(54)56-3)23-36-44-21-34(47-36)28-12-14-30-29(18-28)25-58-35-20-31-27(19-32(30)35)13-15-33-40(31)48-37(46-33)24-51(17-6-2)41(53)39(49-43(55)57-4)26-10-8-7-9-11-26;2*1-3-2;2*1-2/h7-15,18-21,39H,5-6,16-17,22-25H2,1-4H3,(H,44,47)(H,45,54)(H,46,48)(H,49,55);3H2,1-2H3;1-2H3;2*1-2H/t39-;;;;/m1..../s1. The zero-order valence-electron chi connectivity index (χ0n) is 40.3. The van der Waals surface area contributed by atoms with Gasteiger partial charge in [0.15, 0.2) is 0 Å². The highest BCUT2D eigenvalue weighted by Gasteiger charge is 2.29. The average Bonchev–Trinajstić information content (AvgIpc) is 4.02. The number of imidazole rings is 2. The number of hydrogen-bond acceptors (Lipinski definition) is 10. The number of benzene rings is 4. The number of alkyl carbamates (subject to hydrolysis) is 2. The first-order valence-electron chi connectivity index (χ1n) is 22.1. The number of methoxy groups -OCH3 is 3. The number of aromatic nitrogens is 4. The summed E-state index contributed by atoms with van der Waals surface area (Å²) in [6.07, 6.45) is 19.1. The fourth-order valence-corrected chi connectivity index (χ4v) is 7.25. The number of fused-ring (bicyclic) bond motifs is 6. The minimum atomic E-state index is -0.923. The van der Waals surface area contributed by atoms with Crippen LogP contribution in [0.5, 0.6) is 5.75 Å².